The molecule has 1 fully saturated rings. The van der Waals surface area contributed by atoms with Gasteiger partial charge in [-0.1, -0.05) is 13.3 Å². The molecule has 1 unspecified atom stereocenters. The van der Waals surface area contributed by atoms with Gasteiger partial charge in [0.05, 0.1) is 5.75 Å². The summed E-state index contributed by atoms with van der Waals surface area (Å²) in [4.78, 5) is 0. The van der Waals surface area contributed by atoms with E-state index in [1.807, 2.05) is 6.92 Å². The smallest absolute Gasteiger partial charge is 0.214 e. The first-order valence-corrected chi connectivity index (χ1v) is 6.89. The molecule has 1 saturated heterocycles. The lowest BCUT2D eigenvalue weighted by atomic mass is 10.1. The van der Waals surface area contributed by atoms with Gasteiger partial charge in [-0.25, -0.2) is 12.7 Å². The molecule has 0 spiro atoms. The SMILES string of the molecule is CCCCS(=O)(=O)N1CCC(CN)C1. The Kier molecular flexibility index (Phi) is 4.34. The lowest BCUT2D eigenvalue weighted by Crippen LogP contribution is -2.31. The van der Waals surface area contributed by atoms with Crippen LogP contribution in [0.3, 0.4) is 0 Å². The second kappa shape index (κ2) is 5.09. The summed E-state index contributed by atoms with van der Waals surface area (Å²) < 4.78 is 25.1. The van der Waals surface area contributed by atoms with Gasteiger partial charge < -0.3 is 5.73 Å². The van der Waals surface area contributed by atoms with E-state index in [1.54, 1.807) is 4.31 Å². The van der Waals surface area contributed by atoms with E-state index in [1.165, 1.54) is 0 Å². The number of hydrogen-bond acceptors (Lipinski definition) is 3. The Morgan fingerprint density at radius 3 is 2.71 bits per heavy atom. The molecule has 1 atom stereocenters. The van der Waals surface area contributed by atoms with Crippen molar-refractivity contribution in [1.29, 1.82) is 0 Å². The lowest BCUT2D eigenvalue weighted by molar-refractivity contribution is 0.457. The van der Waals surface area contributed by atoms with Crippen molar-refractivity contribution in [3.8, 4) is 0 Å². The van der Waals surface area contributed by atoms with Crippen LogP contribution in [-0.4, -0.2) is 38.1 Å². The minimum Gasteiger partial charge on any atom is -0.330 e. The minimum absolute atomic E-state index is 0.292. The number of sulfonamides is 1. The Morgan fingerprint density at radius 1 is 1.50 bits per heavy atom. The average Bonchev–Trinajstić information content (AvgIpc) is 2.63. The van der Waals surface area contributed by atoms with Crippen molar-refractivity contribution < 1.29 is 8.42 Å². The number of nitrogens with two attached hydrogens (primary N) is 1. The number of nitrogens with zero attached hydrogens (tertiary/aromatic N) is 1. The molecule has 0 bridgehead atoms. The molecule has 14 heavy (non-hydrogen) atoms. The van der Waals surface area contributed by atoms with Gasteiger partial charge in [-0.15, -0.1) is 0 Å². The fraction of sp³-hybridized carbons (Fsp3) is 1.00. The zero-order valence-electron chi connectivity index (χ0n) is 8.78. The maximum absolute atomic E-state index is 11.7. The number of hydrogen-bond donors (Lipinski definition) is 1. The van der Waals surface area contributed by atoms with Crippen LogP contribution in [0.1, 0.15) is 26.2 Å². The Bertz CT molecular complexity index is 264. The summed E-state index contributed by atoms with van der Waals surface area (Å²) in [5, 5.41) is 0. The third-order valence-corrected chi connectivity index (χ3v) is 4.65. The molecule has 0 aromatic carbocycles. The number of unbranched alkanes of at least 4 members (excludes halogenated alkanes) is 1. The monoisotopic (exact) mass is 220 g/mol. The maximum Gasteiger partial charge on any atom is 0.214 e. The summed E-state index contributed by atoms with van der Waals surface area (Å²) in [7, 11) is -2.99. The van der Waals surface area contributed by atoms with Gasteiger partial charge in [0, 0.05) is 13.1 Å². The van der Waals surface area contributed by atoms with E-state index in [4.69, 9.17) is 5.73 Å². The normalized spacial score (nSPS) is 24.3. The van der Waals surface area contributed by atoms with Crippen molar-refractivity contribution >= 4 is 10.0 Å². The predicted molar refractivity (Wildman–Crippen MR) is 57.4 cm³/mol. The molecule has 1 aliphatic rings. The van der Waals surface area contributed by atoms with Gasteiger partial charge in [-0.05, 0) is 25.3 Å². The molecule has 4 nitrogen and oxygen atoms in total. The topological polar surface area (TPSA) is 63.4 Å². The van der Waals surface area contributed by atoms with E-state index in [0.717, 1.165) is 19.3 Å². The molecule has 1 aliphatic heterocycles. The zero-order chi connectivity index (χ0) is 10.6. The fourth-order valence-corrected chi connectivity index (χ4v) is 3.43. The Hall–Kier alpha value is -0.130. The van der Waals surface area contributed by atoms with Crippen LogP contribution < -0.4 is 5.73 Å². The molecule has 0 aromatic rings. The summed E-state index contributed by atoms with van der Waals surface area (Å²) in [6.45, 7) is 3.89. The molecule has 0 aliphatic carbocycles. The second-order valence-corrected chi connectivity index (χ2v) is 6.01. The molecule has 1 heterocycles. The minimum atomic E-state index is -2.99. The molecule has 84 valence electrons. The van der Waals surface area contributed by atoms with Crippen molar-refractivity contribution in [3.05, 3.63) is 0 Å². The molecule has 0 saturated carbocycles. The van der Waals surface area contributed by atoms with Crippen LogP contribution in [0.2, 0.25) is 0 Å². The first-order chi connectivity index (χ1) is 6.60. The van der Waals surface area contributed by atoms with E-state index in [0.29, 0.717) is 31.3 Å². The Morgan fingerprint density at radius 2 is 2.21 bits per heavy atom. The van der Waals surface area contributed by atoms with Crippen LogP contribution in [0.15, 0.2) is 0 Å². The van der Waals surface area contributed by atoms with E-state index in [9.17, 15) is 8.42 Å². The van der Waals surface area contributed by atoms with Crippen molar-refractivity contribution in [3.63, 3.8) is 0 Å². The highest BCUT2D eigenvalue weighted by Gasteiger charge is 2.29. The maximum atomic E-state index is 11.7. The standard InChI is InChI=1S/C9H20N2O2S/c1-2-3-6-14(12,13)11-5-4-9(7-10)8-11/h9H,2-8,10H2,1H3. The molecular weight excluding hydrogens is 200 g/mol. The van der Waals surface area contributed by atoms with Crippen molar-refractivity contribution in [2.75, 3.05) is 25.4 Å². The van der Waals surface area contributed by atoms with E-state index < -0.39 is 10.0 Å². The highest BCUT2D eigenvalue weighted by Crippen LogP contribution is 2.19. The molecule has 2 N–H and O–H groups in total. The molecule has 0 radical (unpaired) electrons. The summed E-state index contributed by atoms with van der Waals surface area (Å²) in [5.41, 5.74) is 5.52. The molecular formula is C9H20N2O2S. The summed E-state index contributed by atoms with van der Waals surface area (Å²) in [6, 6.07) is 0. The quantitative estimate of drug-likeness (QED) is 0.729. The Balaban J connectivity index is 2.49. The van der Waals surface area contributed by atoms with Gasteiger partial charge >= 0.3 is 0 Å². The fourth-order valence-electron chi connectivity index (χ4n) is 1.70. The molecule has 5 heteroatoms. The van der Waals surface area contributed by atoms with Crippen molar-refractivity contribution in [2.24, 2.45) is 11.7 Å². The second-order valence-electron chi connectivity index (χ2n) is 3.92. The summed E-state index contributed by atoms with van der Waals surface area (Å²) >= 11 is 0. The largest absolute Gasteiger partial charge is 0.330 e. The van der Waals surface area contributed by atoms with E-state index in [2.05, 4.69) is 0 Å². The summed E-state index contributed by atoms with van der Waals surface area (Å²) in [6.07, 6.45) is 2.60. The van der Waals surface area contributed by atoms with Crippen LogP contribution in [0.25, 0.3) is 0 Å². The van der Waals surface area contributed by atoms with Gasteiger partial charge in [0.15, 0.2) is 0 Å². The van der Waals surface area contributed by atoms with Gasteiger partial charge in [0.2, 0.25) is 10.0 Å². The zero-order valence-corrected chi connectivity index (χ0v) is 9.59. The first-order valence-electron chi connectivity index (χ1n) is 5.28. The van der Waals surface area contributed by atoms with Crippen molar-refractivity contribution in [1.82, 2.24) is 4.31 Å². The van der Waals surface area contributed by atoms with Crippen LogP contribution in [-0.2, 0) is 10.0 Å². The average molecular weight is 220 g/mol. The predicted octanol–water partition coefficient (Wildman–Crippen LogP) is 0.397. The Labute approximate surface area is 86.5 Å². The van der Waals surface area contributed by atoms with Crippen LogP contribution in [0, 0.1) is 5.92 Å². The van der Waals surface area contributed by atoms with Crippen LogP contribution in [0.5, 0.6) is 0 Å². The highest BCUT2D eigenvalue weighted by molar-refractivity contribution is 7.89. The van der Waals surface area contributed by atoms with Gasteiger partial charge in [-0.2, -0.15) is 0 Å². The molecule has 0 amide bonds. The summed E-state index contributed by atoms with van der Waals surface area (Å²) in [5.74, 6) is 0.659. The third-order valence-electron chi connectivity index (χ3n) is 2.73. The first kappa shape index (κ1) is 11.9. The molecule has 1 rings (SSSR count). The molecule has 0 aromatic heterocycles. The highest BCUT2D eigenvalue weighted by atomic mass is 32.2. The lowest BCUT2D eigenvalue weighted by Gasteiger charge is -2.15. The van der Waals surface area contributed by atoms with Gasteiger partial charge in [0.25, 0.3) is 0 Å². The van der Waals surface area contributed by atoms with Crippen LogP contribution >= 0.6 is 0 Å². The van der Waals surface area contributed by atoms with E-state index >= 15 is 0 Å². The third kappa shape index (κ3) is 2.93. The van der Waals surface area contributed by atoms with Crippen molar-refractivity contribution in [2.45, 2.75) is 26.2 Å². The van der Waals surface area contributed by atoms with Gasteiger partial charge in [-0.3, -0.25) is 0 Å². The van der Waals surface area contributed by atoms with E-state index in [-0.39, 0.29) is 0 Å². The van der Waals surface area contributed by atoms with Gasteiger partial charge in [0.1, 0.15) is 0 Å². The number of rotatable bonds is 5. The van der Waals surface area contributed by atoms with Crippen LogP contribution in [0.4, 0.5) is 0 Å².